The molecule has 4 nitrogen and oxygen atoms in total. The largest absolute Gasteiger partial charge is 0.395 e. The minimum Gasteiger partial charge on any atom is -0.395 e. The first-order valence-electron chi connectivity index (χ1n) is 11.8. The average Bonchev–Trinajstić information content (AvgIpc) is 2.83. The predicted molar refractivity (Wildman–Crippen MR) is 131 cm³/mol. The molecule has 0 heterocycles. The molecule has 3 aromatic carbocycles. The zero-order valence-electron chi connectivity index (χ0n) is 19.1. The Bertz CT molecular complexity index is 1040. The summed E-state index contributed by atoms with van der Waals surface area (Å²) in [6, 6.07) is 24.1. The third-order valence-corrected chi connectivity index (χ3v) is 6.86. The molecule has 1 aliphatic rings. The molecule has 0 spiro atoms. The molecule has 32 heavy (non-hydrogen) atoms. The Hall–Kier alpha value is -2.69. The van der Waals surface area contributed by atoms with Gasteiger partial charge in [0.1, 0.15) is 0 Å². The number of hydrogen-bond acceptors (Lipinski definition) is 3. The van der Waals surface area contributed by atoms with E-state index in [1.807, 2.05) is 12.1 Å². The molecule has 168 valence electrons. The van der Waals surface area contributed by atoms with Crippen LogP contribution in [0.25, 0.3) is 10.8 Å². The van der Waals surface area contributed by atoms with Crippen LogP contribution in [-0.2, 0) is 0 Å². The van der Waals surface area contributed by atoms with Crippen molar-refractivity contribution in [3.8, 4) is 0 Å². The van der Waals surface area contributed by atoms with Crippen molar-refractivity contribution in [3.05, 3.63) is 83.4 Å². The molecule has 4 rings (SSSR count). The summed E-state index contributed by atoms with van der Waals surface area (Å²) in [5, 5.41) is 15.6. The molecule has 1 saturated carbocycles. The third-order valence-electron chi connectivity index (χ3n) is 6.86. The predicted octanol–water partition coefficient (Wildman–Crippen LogP) is 5.28. The van der Waals surface area contributed by atoms with Gasteiger partial charge in [-0.05, 0) is 66.1 Å². The average molecular weight is 431 g/mol. The highest BCUT2D eigenvalue weighted by atomic mass is 16.3. The van der Waals surface area contributed by atoms with Crippen molar-refractivity contribution in [2.45, 2.75) is 50.6 Å². The van der Waals surface area contributed by atoms with Crippen molar-refractivity contribution < 1.29 is 9.90 Å². The van der Waals surface area contributed by atoms with Crippen LogP contribution in [0, 0.1) is 0 Å². The Kier molecular flexibility index (Phi) is 7.23. The fourth-order valence-corrected chi connectivity index (χ4v) is 5.09. The zero-order valence-corrected chi connectivity index (χ0v) is 19.1. The van der Waals surface area contributed by atoms with Gasteiger partial charge >= 0.3 is 0 Å². The molecule has 2 N–H and O–H groups in total. The third kappa shape index (κ3) is 5.03. The SMILES string of the molecule is C[C@@H](NC1CCCC(c2ccc(C(=O)N(C)CCO)cc2)C1)c1cccc2ccccc12. The molecule has 3 aromatic rings. The summed E-state index contributed by atoms with van der Waals surface area (Å²) in [5.41, 5.74) is 3.36. The first kappa shape index (κ1) is 22.5. The molecule has 0 saturated heterocycles. The van der Waals surface area contributed by atoms with Gasteiger partial charge in [0.2, 0.25) is 0 Å². The lowest BCUT2D eigenvalue weighted by molar-refractivity contribution is 0.0767. The number of likely N-dealkylation sites (N-methyl/N-ethyl adjacent to an activating group) is 1. The molecule has 0 aromatic heterocycles. The smallest absolute Gasteiger partial charge is 0.253 e. The molecule has 3 atom stereocenters. The first-order valence-corrected chi connectivity index (χ1v) is 11.8. The van der Waals surface area contributed by atoms with E-state index >= 15 is 0 Å². The van der Waals surface area contributed by atoms with E-state index in [4.69, 9.17) is 5.11 Å². The van der Waals surface area contributed by atoms with Gasteiger partial charge in [0.05, 0.1) is 6.61 Å². The Morgan fingerprint density at radius 3 is 2.59 bits per heavy atom. The van der Waals surface area contributed by atoms with Gasteiger partial charge in [-0.1, -0.05) is 61.0 Å². The summed E-state index contributed by atoms with van der Waals surface area (Å²) in [6.45, 7) is 2.61. The molecule has 2 unspecified atom stereocenters. The number of carbonyl (C=O) groups is 1. The standard InChI is InChI=1S/C28H34N2O2/c1-20(26-12-6-8-22-7-3-4-11-27(22)26)29-25-10-5-9-24(19-25)21-13-15-23(16-14-21)28(32)30(2)17-18-31/h3-4,6-8,11-16,20,24-25,29,31H,5,9-10,17-19H2,1-2H3/t20-,24?,25?/m1/s1. The van der Waals surface area contributed by atoms with E-state index in [2.05, 4.69) is 66.8 Å². The molecular weight excluding hydrogens is 396 g/mol. The zero-order chi connectivity index (χ0) is 22.5. The second-order valence-electron chi connectivity index (χ2n) is 9.09. The van der Waals surface area contributed by atoms with Gasteiger partial charge in [-0.2, -0.15) is 0 Å². The van der Waals surface area contributed by atoms with Crippen LogP contribution < -0.4 is 5.32 Å². The Balaban J connectivity index is 1.41. The minimum absolute atomic E-state index is 0.0199. The van der Waals surface area contributed by atoms with Gasteiger partial charge in [0, 0.05) is 31.2 Å². The second kappa shape index (κ2) is 10.3. The monoisotopic (exact) mass is 430 g/mol. The number of hydrogen-bond donors (Lipinski definition) is 2. The highest BCUT2D eigenvalue weighted by molar-refractivity contribution is 5.94. The Morgan fingerprint density at radius 1 is 1.06 bits per heavy atom. The lowest BCUT2D eigenvalue weighted by Crippen LogP contribution is -2.35. The quantitative estimate of drug-likeness (QED) is 0.536. The maximum absolute atomic E-state index is 12.4. The van der Waals surface area contributed by atoms with Crippen LogP contribution in [0.2, 0.25) is 0 Å². The summed E-state index contributed by atoms with van der Waals surface area (Å²) in [6.07, 6.45) is 4.73. The summed E-state index contributed by atoms with van der Waals surface area (Å²) < 4.78 is 0. The maximum Gasteiger partial charge on any atom is 0.253 e. The van der Waals surface area contributed by atoms with Crippen molar-refractivity contribution in [1.82, 2.24) is 10.2 Å². The van der Waals surface area contributed by atoms with E-state index in [0.29, 0.717) is 30.1 Å². The molecule has 1 amide bonds. The van der Waals surface area contributed by atoms with Crippen LogP contribution >= 0.6 is 0 Å². The fourth-order valence-electron chi connectivity index (χ4n) is 5.09. The normalized spacial score (nSPS) is 19.6. The van der Waals surface area contributed by atoms with E-state index in [1.54, 1.807) is 11.9 Å². The van der Waals surface area contributed by atoms with Crippen LogP contribution in [0.5, 0.6) is 0 Å². The summed E-state index contributed by atoms with van der Waals surface area (Å²) in [7, 11) is 1.72. The van der Waals surface area contributed by atoms with E-state index in [9.17, 15) is 4.79 Å². The first-order chi connectivity index (χ1) is 15.6. The molecular formula is C28H34N2O2. The molecule has 4 heteroatoms. The highest BCUT2D eigenvalue weighted by Crippen LogP contribution is 2.34. The minimum atomic E-state index is -0.0438. The lowest BCUT2D eigenvalue weighted by atomic mass is 9.80. The molecule has 0 bridgehead atoms. The van der Waals surface area contributed by atoms with Gasteiger partial charge in [-0.3, -0.25) is 4.79 Å². The Morgan fingerprint density at radius 2 is 1.81 bits per heavy atom. The van der Waals surface area contributed by atoms with Gasteiger partial charge < -0.3 is 15.3 Å². The van der Waals surface area contributed by atoms with Crippen LogP contribution in [-0.4, -0.2) is 42.2 Å². The van der Waals surface area contributed by atoms with E-state index in [-0.39, 0.29) is 12.5 Å². The molecule has 1 aliphatic carbocycles. The summed E-state index contributed by atoms with van der Waals surface area (Å²) >= 11 is 0. The fraction of sp³-hybridized carbons (Fsp3) is 0.393. The van der Waals surface area contributed by atoms with Crippen molar-refractivity contribution in [2.75, 3.05) is 20.2 Å². The van der Waals surface area contributed by atoms with E-state index < -0.39 is 0 Å². The number of fused-ring (bicyclic) bond motifs is 1. The van der Waals surface area contributed by atoms with Gasteiger partial charge in [-0.15, -0.1) is 0 Å². The lowest BCUT2D eigenvalue weighted by Gasteiger charge is -2.32. The topological polar surface area (TPSA) is 52.6 Å². The highest BCUT2D eigenvalue weighted by Gasteiger charge is 2.25. The van der Waals surface area contributed by atoms with E-state index in [1.165, 1.54) is 41.2 Å². The number of rotatable bonds is 7. The van der Waals surface area contributed by atoms with Crippen molar-refractivity contribution in [2.24, 2.45) is 0 Å². The van der Waals surface area contributed by atoms with Crippen LogP contribution in [0.4, 0.5) is 0 Å². The van der Waals surface area contributed by atoms with Crippen molar-refractivity contribution in [1.29, 1.82) is 0 Å². The summed E-state index contributed by atoms with van der Waals surface area (Å²) in [5.74, 6) is 0.470. The van der Waals surface area contributed by atoms with Gasteiger partial charge in [-0.25, -0.2) is 0 Å². The number of nitrogens with one attached hydrogen (secondary N) is 1. The van der Waals surface area contributed by atoms with Gasteiger partial charge in [0.15, 0.2) is 0 Å². The number of benzene rings is 3. The number of amides is 1. The van der Waals surface area contributed by atoms with Crippen LogP contribution in [0.15, 0.2) is 66.7 Å². The molecule has 1 fully saturated rings. The van der Waals surface area contributed by atoms with Crippen LogP contribution in [0.3, 0.4) is 0 Å². The maximum atomic E-state index is 12.4. The summed E-state index contributed by atoms with van der Waals surface area (Å²) in [4.78, 5) is 14.0. The second-order valence-corrected chi connectivity index (χ2v) is 9.09. The number of carbonyl (C=O) groups excluding carboxylic acids is 1. The molecule has 0 aliphatic heterocycles. The van der Waals surface area contributed by atoms with E-state index in [0.717, 1.165) is 6.42 Å². The number of aliphatic hydroxyl groups is 1. The van der Waals surface area contributed by atoms with Gasteiger partial charge in [0.25, 0.3) is 5.91 Å². The molecule has 0 radical (unpaired) electrons. The van der Waals surface area contributed by atoms with Crippen molar-refractivity contribution >= 4 is 16.7 Å². The number of aliphatic hydroxyl groups excluding tert-OH is 1. The Labute approximate surface area is 191 Å². The van der Waals surface area contributed by atoms with Crippen LogP contribution in [0.1, 0.15) is 66.1 Å². The number of nitrogens with zero attached hydrogens (tertiary/aromatic N) is 1. The van der Waals surface area contributed by atoms with Crippen molar-refractivity contribution in [3.63, 3.8) is 0 Å².